The fraction of sp³-hybridized carbons (Fsp3) is 0.471. The minimum absolute atomic E-state index is 0.683. The standard InChI is InChI=1S/C17H20ClN3O/c18-14-8-13(17-3-4-19-20-17)9-16(10-14)22-6-5-21-11-12-1-2-15(21)7-12/h3-4,8-10,12,15H,1-2,5-7,11H2,(H,19,20)/t12-,15+/m0/s1. The van der Waals surface area contributed by atoms with Gasteiger partial charge in [0.25, 0.3) is 0 Å². The molecule has 1 aliphatic carbocycles. The van der Waals surface area contributed by atoms with Crippen molar-refractivity contribution < 1.29 is 4.74 Å². The maximum atomic E-state index is 6.20. The number of likely N-dealkylation sites (tertiary alicyclic amines) is 1. The van der Waals surface area contributed by atoms with Gasteiger partial charge in [-0.2, -0.15) is 5.10 Å². The van der Waals surface area contributed by atoms with E-state index in [-0.39, 0.29) is 0 Å². The molecule has 5 heteroatoms. The van der Waals surface area contributed by atoms with E-state index < -0.39 is 0 Å². The summed E-state index contributed by atoms with van der Waals surface area (Å²) in [6, 6.07) is 8.53. The third-order valence-corrected chi connectivity index (χ3v) is 5.07. The number of fused-ring (bicyclic) bond motifs is 2. The maximum Gasteiger partial charge on any atom is 0.121 e. The van der Waals surface area contributed by atoms with Crippen LogP contribution in [0.1, 0.15) is 19.3 Å². The molecule has 0 amide bonds. The highest BCUT2D eigenvalue weighted by Crippen LogP contribution is 2.37. The van der Waals surface area contributed by atoms with Gasteiger partial charge in [-0.1, -0.05) is 11.6 Å². The van der Waals surface area contributed by atoms with Crippen molar-refractivity contribution in [3.63, 3.8) is 0 Å². The molecule has 1 N–H and O–H groups in total. The molecule has 1 saturated carbocycles. The second-order valence-corrected chi connectivity index (χ2v) is 6.76. The van der Waals surface area contributed by atoms with Gasteiger partial charge in [-0.15, -0.1) is 0 Å². The molecule has 2 bridgehead atoms. The average Bonchev–Trinajstić information content (AvgIpc) is 3.24. The monoisotopic (exact) mass is 317 g/mol. The number of halogens is 1. The van der Waals surface area contributed by atoms with Gasteiger partial charge in [0.05, 0.1) is 5.69 Å². The number of ether oxygens (including phenoxy) is 1. The van der Waals surface area contributed by atoms with Crippen molar-refractivity contribution in [3.8, 4) is 17.0 Å². The van der Waals surface area contributed by atoms with Gasteiger partial charge in [-0.25, -0.2) is 0 Å². The van der Waals surface area contributed by atoms with Gasteiger partial charge in [0.15, 0.2) is 0 Å². The molecule has 1 aromatic carbocycles. The summed E-state index contributed by atoms with van der Waals surface area (Å²) in [6.07, 6.45) is 5.91. The molecule has 116 valence electrons. The molecule has 1 aromatic heterocycles. The Hall–Kier alpha value is -1.52. The van der Waals surface area contributed by atoms with Gasteiger partial charge >= 0.3 is 0 Å². The van der Waals surface area contributed by atoms with Crippen LogP contribution in [0.15, 0.2) is 30.5 Å². The molecule has 2 aromatic rings. The van der Waals surface area contributed by atoms with Crippen molar-refractivity contribution in [3.05, 3.63) is 35.5 Å². The zero-order chi connectivity index (χ0) is 14.9. The van der Waals surface area contributed by atoms with Crippen molar-refractivity contribution in [2.75, 3.05) is 19.7 Å². The third kappa shape index (κ3) is 2.85. The summed E-state index contributed by atoms with van der Waals surface area (Å²) in [6.45, 7) is 2.97. The first-order valence-electron chi connectivity index (χ1n) is 7.95. The van der Waals surface area contributed by atoms with Crippen LogP contribution in [-0.2, 0) is 0 Å². The van der Waals surface area contributed by atoms with Gasteiger partial charge in [0, 0.05) is 35.9 Å². The van der Waals surface area contributed by atoms with E-state index in [0.29, 0.717) is 11.6 Å². The van der Waals surface area contributed by atoms with E-state index >= 15 is 0 Å². The second kappa shape index (κ2) is 5.94. The van der Waals surface area contributed by atoms with Crippen molar-refractivity contribution >= 4 is 11.6 Å². The quantitative estimate of drug-likeness (QED) is 0.916. The van der Waals surface area contributed by atoms with E-state index in [0.717, 1.165) is 35.5 Å². The number of nitrogens with one attached hydrogen (secondary N) is 1. The fourth-order valence-electron chi connectivity index (χ4n) is 3.80. The van der Waals surface area contributed by atoms with Crippen molar-refractivity contribution in [1.82, 2.24) is 15.1 Å². The summed E-state index contributed by atoms with van der Waals surface area (Å²) < 4.78 is 5.93. The molecule has 1 saturated heterocycles. The normalized spacial score (nSPS) is 24.0. The molecule has 1 aliphatic heterocycles. The van der Waals surface area contributed by atoms with Crippen LogP contribution in [0.3, 0.4) is 0 Å². The number of piperidine rings is 1. The van der Waals surface area contributed by atoms with E-state index in [2.05, 4.69) is 15.1 Å². The van der Waals surface area contributed by atoms with Crippen LogP contribution in [0.2, 0.25) is 5.02 Å². The number of benzene rings is 1. The SMILES string of the molecule is Clc1cc(OCCN2C[C@H]3CC[C@@H]2C3)cc(-c2ccn[nH]2)c1. The Morgan fingerprint density at radius 2 is 2.27 bits per heavy atom. The van der Waals surface area contributed by atoms with Gasteiger partial charge in [0.2, 0.25) is 0 Å². The van der Waals surface area contributed by atoms with Gasteiger partial charge < -0.3 is 4.74 Å². The lowest BCUT2D eigenvalue weighted by Gasteiger charge is -2.26. The Bertz CT molecular complexity index is 643. The Labute approximate surface area is 135 Å². The van der Waals surface area contributed by atoms with Gasteiger partial charge in [0.1, 0.15) is 12.4 Å². The highest BCUT2D eigenvalue weighted by atomic mass is 35.5. The van der Waals surface area contributed by atoms with Crippen LogP contribution in [0.5, 0.6) is 5.75 Å². The van der Waals surface area contributed by atoms with Crippen LogP contribution in [-0.4, -0.2) is 40.8 Å². The smallest absolute Gasteiger partial charge is 0.121 e. The molecule has 2 fully saturated rings. The van der Waals surface area contributed by atoms with Crippen LogP contribution in [0.4, 0.5) is 0 Å². The predicted molar refractivity (Wildman–Crippen MR) is 87.2 cm³/mol. The van der Waals surface area contributed by atoms with Crippen molar-refractivity contribution in [2.24, 2.45) is 5.92 Å². The molecule has 2 heterocycles. The number of aromatic amines is 1. The molecule has 2 atom stereocenters. The molecule has 0 radical (unpaired) electrons. The first-order valence-corrected chi connectivity index (χ1v) is 8.33. The topological polar surface area (TPSA) is 41.1 Å². The van der Waals surface area contributed by atoms with Crippen LogP contribution in [0.25, 0.3) is 11.3 Å². The highest BCUT2D eigenvalue weighted by Gasteiger charge is 2.37. The Kier molecular flexibility index (Phi) is 3.80. The first kappa shape index (κ1) is 14.1. The third-order valence-electron chi connectivity index (χ3n) is 4.85. The molecule has 22 heavy (non-hydrogen) atoms. The molecule has 0 spiro atoms. The summed E-state index contributed by atoms with van der Waals surface area (Å²) in [4.78, 5) is 2.58. The summed E-state index contributed by atoms with van der Waals surface area (Å²) in [5.41, 5.74) is 1.95. The summed E-state index contributed by atoms with van der Waals surface area (Å²) in [7, 11) is 0. The molecule has 4 nitrogen and oxygen atoms in total. The van der Waals surface area contributed by atoms with E-state index in [4.69, 9.17) is 16.3 Å². The van der Waals surface area contributed by atoms with Crippen LogP contribution in [0, 0.1) is 5.92 Å². The van der Waals surface area contributed by atoms with Gasteiger partial charge in [-0.05, 0) is 49.4 Å². The number of H-pyrrole nitrogens is 1. The largest absolute Gasteiger partial charge is 0.492 e. The predicted octanol–water partition coefficient (Wildman–Crippen LogP) is 3.59. The second-order valence-electron chi connectivity index (χ2n) is 6.32. The molecule has 4 rings (SSSR count). The molecular formula is C17H20ClN3O. The zero-order valence-electron chi connectivity index (χ0n) is 12.5. The number of hydrogen-bond acceptors (Lipinski definition) is 3. The number of nitrogens with zero attached hydrogens (tertiary/aromatic N) is 2. The summed E-state index contributed by atoms with van der Waals surface area (Å²) in [5, 5.41) is 7.62. The minimum Gasteiger partial charge on any atom is -0.492 e. The van der Waals surface area contributed by atoms with Crippen molar-refractivity contribution in [1.29, 1.82) is 0 Å². The number of aromatic nitrogens is 2. The summed E-state index contributed by atoms with van der Waals surface area (Å²) >= 11 is 6.20. The van der Waals surface area contributed by atoms with E-state index in [1.807, 2.05) is 24.3 Å². The Balaban J connectivity index is 1.38. The number of hydrogen-bond donors (Lipinski definition) is 1. The minimum atomic E-state index is 0.683. The zero-order valence-corrected chi connectivity index (χ0v) is 13.2. The first-order chi connectivity index (χ1) is 10.8. The molecular weight excluding hydrogens is 298 g/mol. The van der Waals surface area contributed by atoms with Crippen LogP contribution >= 0.6 is 11.6 Å². The maximum absolute atomic E-state index is 6.20. The fourth-order valence-corrected chi connectivity index (χ4v) is 4.02. The van der Waals surface area contributed by atoms with E-state index in [1.165, 1.54) is 25.8 Å². The lowest BCUT2D eigenvalue weighted by Crippen LogP contribution is -2.35. The van der Waals surface area contributed by atoms with E-state index in [1.54, 1.807) is 6.20 Å². The van der Waals surface area contributed by atoms with E-state index in [9.17, 15) is 0 Å². The lowest BCUT2D eigenvalue weighted by molar-refractivity contribution is 0.172. The van der Waals surface area contributed by atoms with Gasteiger partial charge in [-0.3, -0.25) is 10.00 Å². The summed E-state index contributed by atoms with van der Waals surface area (Å²) in [5.74, 6) is 1.75. The molecule has 0 unspecified atom stereocenters. The van der Waals surface area contributed by atoms with Crippen LogP contribution < -0.4 is 4.74 Å². The number of rotatable bonds is 5. The Morgan fingerprint density at radius 1 is 1.32 bits per heavy atom. The lowest BCUT2D eigenvalue weighted by atomic mass is 10.1. The Morgan fingerprint density at radius 3 is 3.00 bits per heavy atom. The average molecular weight is 318 g/mol. The highest BCUT2D eigenvalue weighted by molar-refractivity contribution is 6.31. The van der Waals surface area contributed by atoms with Crippen molar-refractivity contribution in [2.45, 2.75) is 25.3 Å². The molecule has 2 aliphatic rings.